The Kier molecular flexibility index (Phi) is 5.39. The van der Waals surface area contributed by atoms with Crippen molar-refractivity contribution in [2.45, 2.75) is 46.3 Å². The Morgan fingerprint density at radius 2 is 2.10 bits per heavy atom. The van der Waals surface area contributed by atoms with Crippen LogP contribution in [0.4, 0.5) is 0 Å². The minimum Gasteiger partial charge on any atom is -0.489 e. The van der Waals surface area contributed by atoms with Gasteiger partial charge in [0.25, 0.3) is 0 Å². The number of nitrogens with zero attached hydrogens (tertiary/aromatic N) is 1. The van der Waals surface area contributed by atoms with Crippen LogP contribution in [0.2, 0.25) is 0 Å². The predicted octanol–water partition coefficient (Wildman–Crippen LogP) is 3.72. The fraction of sp³-hybridized carbons (Fsp3) is 0.471. The topological polar surface area (TPSA) is 47.3 Å². The molecule has 2 rings (SSSR count). The summed E-state index contributed by atoms with van der Waals surface area (Å²) in [5, 5.41) is 3.50. The van der Waals surface area contributed by atoms with Crippen LogP contribution in [-0.4, -0.2) is 17.6 Å². The standard InChI is InChI=1S/C17H24N2O2/c1-5-16-15(7-8-20-16)17(19-6-2)13-9-14(11-18-10-13)21-12(3)4/h7-12,17,19H,5-6H2,1-4H3. The van der Waals surface area contributed by atoms with Gasteiger partial charge in [-0.1, -0.05) is 13.8 Å². The molecule has 1 atom stereocenters. The molecular weight excluding hydrogens is 264 g/mol. The van der Waals surface area contributed by atoms with Crippen molar-refractivity contribution in [1.82, 2.24) is 10.3 Å². The van der Waals surface area contributed by atoms with Gasteiger partial charge >= 0.3 is 0 Å². The van der Waals surface area contributed by atoms with E-state index in [2.05, 4.69) is 24.1 Å². The molecule has 21 heavy (non-hydrogen) atoms. The number of ether oxygens (including phenoxy) is 1. The van der Waals surface area contributed by atoms with E-state index in [1.807, 2.05) is 32.2 Å². The van der Waals surface area contributed by atoms with Crippen LogP contribution in [0.5, 0.6) is 5.75 Å². The summed E-state index contributed by atoms with van der Waals surface area (Å²) in [6, 6.07) is 4.15. The zero-order valence-corrected chi connectivity index (χ0v) is 13.2. The lowest BCUT2D eigenvalue weighted by atomic mass is 9.99. The molecule has 0 aromatic carbocycles. The van der Waals surface area contributed by atoms with Gasteiger partial charge in [0.05, 0.1) is 24.6 Å². The molecule has 0 saturated carbocycles. The number of pyridine rings is 1. The van der Waals surface area contributed by atoms with E-state index >= 15 is 0 Å². The van der Waals surface area contributed by atoms with Crippen molar-refractivity contribution in [3.63, 3.8) is 0 Å². The van der Waals surface area contributed by atoms with Gasteiger partial charge in [-0.3, -0.25) is 4.98 Å². The van der Waals surface area contributed by atoms with Crippen LogP contribution in [0.1, 0.15) is 50.6 Å². The van der Waals surface area contributed by atoms with Crippen LogP contribution < -0.4 is 10.1 Å². The molecule has 0 spiro atoms. The fourth-order valence-electron chi connectivity index (χ4n) is 2.44. The van der Waals surface area contributed by atoms with Crippen molar-refractivity contribution in [2.24, 2.45) is 0 Å². The predicted molar refractivity (Wildman–Crippen MR) is 83.6 cm³/mol. The van der Waals surface area contributed by atoms with Crippen LogP contribution in [-0.2, 0) is 6.42 Å². The van der Waals surface area contributed by atoms with Gasteiger partial charge in [0, 0.05) is 18.2 Å². The summed E-state index contributed by atoms with van der Waals surface area (Å²) >= 11 is 0. The molecule has 0 aliphatic heterocycles. The normalized spacial score (nSPS) is 12.6. The lowest BCUT2D eigenvalue weighted by molar-refractivity contribution is 0.241. The zero-order valence-electron chi connectivity index (χ0n) is 13.2. The molecule has 1 unspecified atom stereocenters. The second-order valence-corrected chi connectivity index (χ2v) is 5.26. The smallest absolute Gasteiger partial charge is 0.138 e. The number of nitrogens with one attached hydrogen (secondary N) is 1. The number of hydrogen-bond donors (Lipinski definition) is 1. The average molecular weight is 288 g/mol. The van der Waals surface area contributed by atoms with Crippen LogP contribution in [0.3, 0.4) is 0 Å². The molecule has 0 fully saturated rings. The van der Waals surface area contributed by atoms with E-state index in [-0.39, 0.29) is 12.1 Å². The SMILES string of the molecule is CCNC(c1cncc(OC(C)C)c1)c1ccoc1CC. The van der Waals surface area contributed by atoms with Crippen molar-refractivity contribution < 1.29 is 9.15 Å². The first-order chi connectivity index (χ1) is 10.2. The molecule has 0 amide bonds. The third kappa shape index (κ3) is 3.85. The molecule has 4 nitrogen and oxygen atoms in total. The summed E-state index contributed by atoms with van der Waals surface area (Å²) in [4.78, 5) is 4.31. The Labute approximate surface area is 126 Å². The first-order valence-corrected chi connectivity index (χ1v) is 7.56. The van der Waals surface area contributed by atoms with Crippen LogP contribution in [0, 0.1) is 0 Å². The van der Waals surface area contributed by atoms with Gasteiger partial charge in [0.1, 0.15) is 11.5 Å². The molecule has 0 saturated heterocycles. The molecule has 0 radical (unpaired) electrons. The summed E-state index contributed by atoms with van der Waals surface area (Å²) in [5.74, 6) is 1.81. The van der Waals surface area contributed by atoms with Gasteiger partial charge in [-0.15, -0.1) is 0 Å². The van der Waals surface area contributed by atoms with Crippen molar-refractivity contribution in [1.29, 1.82) is 0 Å². The Balaban J connectivity index is 2.34. The van der Waals surface area contributed by atoms with Gasteiger partial charge in [0.15, 0.2) is 0 Å². The second kappa shape index (κ2) is 7.27. The lowest BCUT2D eigenvalue weighted by Crippen LogP contribution is -2.22. The monoisotopic (exact) mass is 288 g/mol. The third-order valence-corrected chi connectivity index (χ3v) is 3.26. The van der Waals surface area contributed by atoms with Gasteiger partial charge in [0.2, 0.25) is 0 Å². The molecule has 0 aliphatic rings. The minimum atomic E-state index is 0.0758. The first-order valence-electron chi connectivity index (χ1n) is 7.56. The maximum atomic E-state index is 5.74. The summed E-state index contributed by atoms with van der Waals surface area (Å²) in [6.45, 7) is 9.09. The maximum absolute atomic E-state index is 5.74. The molecular formula is C17H24N2O2. The van der Waals surface area contributed by atoms with Crippen LogP contribution in [0.15, 0.2) is 35.2 Å². The summed E-state index contributed by atoms with van der Waals surface area (Å²) < 4.78 is 11.3. The van der Waals surface area contributed by atoms with Crippen molar-refractivity contribution in [3.8, 4) is 5.75 Å². The Morgan fingerprint density at radius 3 is 2.76 bits per heavy atom. The van der Waals surface area contributed by atoms with E-state index < -0.39 is 0 Å². The van der Waals surface area contributed by atoms with Crippen LogP contribution >= 0.6 is 0 Å². The van der Waals surface area contributed by atoms with Crippen molar-refractivity contribution in [2.75, 3.05) is 6.54 Å². The molecule has 0 bridgehead atoms. The highest BCUT2D eigenvalue weighted by Crippen LogP contribution is 2.28. The average Bonchev–Trinajstić information content (AvgIpc) is 2.92. The van der Waals surface area contributed by atoms with Crippen molar-refractivity contribution >= 4 is 0 Å². The molecule has 2 aromatic rings. The number of rotatable bonds is 7. The van der Waals surface area contributed by atoms with E-state index in [0.717, 1.165) is 30.0 Å². The molecule has 0 aliphatic carbocycles. The number of aromatic nitrogens is 1. The molecule has 2 heterocycles. The van der Waals surface area contributed by atoms with E-state index in [1.54, 1.807) is 12.5 Å². The molecule has 1 N–H and O–H groups in total. The summed E-state index contributed by atoms with van der Waals surface area (Å²) in [5.41, 5.74) is 2.26. The Bertz CT molecular complexity index is 563. The molecule has 2 aromatic heterocycles. The van der Waals surface area contributed by atoms with E-state index in [4.69, 9.17) is 9.15 Å². The second-order valence-electron chi connectivity index (χ2n) is 5.26. The number of aryl methyl sites for hydroxylation is 1. The number of hydrogen-bond acceptors (Lipinski definition) is 4. The zero-order chi connectivity index (χ0) is 15.2. The highest BCUT2D eigenvalue weighted by Gasteiger charge is 2.19. The summed E-state index contributed by atoms with van der Waals surface area (Å²) in [6.07, 6.45) is 6.40. The Morgan fingerprint density at radius 1 is 1.29 bits per heavy atom. The maximum Gasteiger partial charge on any atom is 0.138 e. The highest BCUT2D eigenvalue weighted by molar-refractivity contribution is 5.35. The van der Waals surface area contributed by atoms with E-state index in [1.165, 1.54) is 5.56 Å². The third-order valence-electron chi connectivity index (χ3n) is 3.26. The lowest BCUT2D eigenvalue weighted by Gasteiger charge is -2.19. The van der Waals surface area contributed by atoms with E-state index in [0.29, 0.717) is 0 Å². The number of furan rings is 1. The van der Waals surface area contributed by atoms with Crippen LogP contribution in [0.25, 0.3) is 0 Å². The largest absolute Gasteiger partial charge is 0.489 e. The van der Waals surface area contributed by atoms with E-state index in [9.17, 15) is 0 Å². The molecule has 4 heteroatoms. The van der Waals surface area contributed by atoms with Gasteiger partial charge in [-0.25, -0.2) is 0 Å². The summed E-state index contributed by atoms with van der Waals surface area (Å²) in [7, 11) is 0. The fourth-order valence-corrected chi connectivity index (χ4v) is 2.44. The van der Waals surface area contributed by atoms with Gasteiger partial charge < -0.3 is 14.5 Å². The first kappa shape index (κ1) is 15.6. The van der Waals surface area contributed by atoms with Gasteiger partial charge in [-0.2, -0.15) is 0 Å². The Hall–Kier alpha value is -1.81. The minimum absolute atomic E-state index is 0.0758. The molecule has 114 valence electrons. The highest BCUT2D eigenvalue weighted by atomic mass is 16.5. The van der Waals surface area contributed by atoms with Gasteiger partial charge in [-0.05, 0) is 38.1 Å². The van der Waals surface area contributed by atoms with Crippen molar-refractivity contribution in [3.05, 3.63) is 47.7 Å². The quantitative estimate of drug-likeness (QED) is 0.843.